The Morgan fingerprint density at radius 2 is 2.12 bits per heavy atom. The maximum atomic E-state index is 11.0. The third-order valence-corrected chi connectivity index (χ3v) is 3.24. The van der Waals surface area contributed by atoms with Crippen LogP contribution in [0.3, 0.4) is 0 Å². The van der Waals surface area contributed by atoms with Crippen molar-refractivity contribution >= 4 is 11.6 Å². The van der Waals surface area contributed by atoms with Gasteiger partial charge < -0.3 is 15.0 Å². The molecular weight excluding hydrogens is 332 g/mol. The molecule has 0 unspecified atom stereocenters. The molecule has 0 radical (unpaired) electrons. The molecule has 2 heterocycles. The van der Waals surface area contributed by atoms with Gasteiger partial charge in [0.2, 0.25) is 11.5 Å². The van der Waals surface area contributed by atoms with Gasteiger partial charge in [0.1, 0.15) is 11.9 Å². The summed E-state index contributed by atoms with van der Waals surface area (Å²) in [6, 6.07) is 6.53. The highest BCUT2D eigenvalue weighted by atomic mass is 16.6. The van der Waals surface area contributed by atoms with Crippen LogP contribution in [0, 0.1) is 10.1 Å². The van der Waals surface area contributed by atoms with Crippen LogP contribution in [0.15, 0.2) is 35.0 Å². The Morgan fingerprint density at radius 3 is 2.76 bits per heavy atom. The summed E-state index contributed by atoms with van der Waals surface area (Å²) in [5.74, 6) is 0.0981. The molecule has 11 heteroatoms. The molecule has 25 heavy (non-hydrogen) atoms. The number of carbonyl (C=O) groups excluding carboxylic acids is 1. The Labute approximate surface area is 140 Å². The fourth-order valence-electron chi connectivity index (χ4n) is 2.10. The number of amides is 1. The van der Waals surface area contributed by atoms with Crippen molar-refractivity contribution in [3.8, 4) is 28.7 Å². The van der Waals surface area contributed by atoms with E-state index >= 15 is 0 Å². The van der Waals surface area contributed by atoms with Gasteiger partial charge in [0.05, 0.1) is 4.92 Å². The molecule has 0 spiro atoms. The molecule has 3 aromatic rings. The van der Waals surface area contributed by atoms with Gasteiger partial charge in [-0.15, -0.1) is 0 Å². The maximum Gasteiger partial charge on any atom is 0.320 e. The summed E-state index contributed by atoms with van der Waals surface area (Å²) in [7, 11) is 1.54. The van der Waals surface area contributed by atoms with E-state index < -0.39 is 10.8 Å². The molecule has 0 bridgehead atoms. The molecule has 128 valence electrons. The first-order chi connectivity index (χ1) is 12.0. The Balaban J connectivity index is 1.86. The molecule has 0 saturated carbocycles. The molecule has 2 N–H and O–H groups in total. The molecule has 0 saturated heterocycles. The Morgan fingerprint density at radius 1 is 1.40 bits per heavy atom. The van der Waals surface area contributed by atoms with Crippen molar-refractivity contribution in [3.05, 3.63) is 40.6 Å². The quantitative estimate of drug-likeness (QED) is 0.511. The number of nitrogens with two attached hydrogens (primary N) is 1. The fraction of sp³-hybridized carbons (Fsp3) is 0.143. The van der Waals surface area contributed by atoms with Gasteiger partial charge in [0.15, 0.2) is 6.61 Å². The van der Waals surface area contributed by atoms with Crippen LogP contribution in [0.2, 0.25) is 0 Å². The molecule has 0 fully saturated rings. The lowest BCUT2D eigenvalue weighted by molar-refractivity contribution is -0.384. The van der Waals surface area contributed by atoms with E-state index in [0.29, 0.717) is 11.3 Å². The van der Waals surface area contributed by atoms with E-state index in [9.17, 15) is 14.9 Å². The number of aromatic nitrogens is 4. The molecule has 2 aromatic heterocycles. The molecule has 0 aliphatic carbocycles. The zero-order chi connectivity index (χ0) is 18.0. The molecule has 0 aliphatic rings. The van der Waals surface area contributed by atoms with Crippen molar-refractivity contribution in [1.82, 2.24) is 19.9 Å². The number of hydrogen-bond donors (Lipinski definition) is 1. The SMILES string of the molecule is Cn1ncc([N+](=O)[O-])c1-c1nc(-c2ccc(OCC(N)=O)cc2)no1. The third kappa shape index (κ3) is 3.29. The van der Waals surface area contributed by atoms with Crippen molar-refractivity contribution in [2.24, 2.45) is 12.8 Å². The number of rotatable bonds is 6. The minimum Gasteiger partial charge on any atom is -0.484 e. The number of nitro groups is 1. The lowest BCUT2D eigenvalue weighted by Crippen LogP contribution is -2.19. The number of carbonyl (C=O) groups is 1. The zero-order valence-corrected chi connectivity index (χ0v) is 12.9. The molecule has 0 atom stereocenters. The van der Waals surface area contributed by atoms with Gasteiger partial charge >= 0.3 is 5.69 Å². The summed E-state index contributed by atoms with van der Waals surface area (Å²) in [6.45, 7) is -0.226. The van der Waals surface area contributed by atoms with Crippen molar-refractivity contribution < 1.29 is 19.0 Å². The van der Waals surface area contributed by atoms with Gasteiger partial charge in [-0.2, -0.15) is 10.1 Å². The molecule has 0 aliphatic heterocycles. The van der Waals surface area contributed by atoms with Crippen molar-refractivity contribution in [1.29, 1.82) is 0 Å². The fourth-order valence-corrected chi connectivity index (χ4v) is 2.10. The minimum atomic E-state index is -0.579. The van der Waals surface area contributed by atoms with Crippen molar-refractivity contribution in [3.63, 3.8) is 0 Å². The second-order valence-corrected chi connectivity index (χ2v) is 4.96. The third-order valence-electron chi connectivity index (χ3n) is 3.24. The lowest BCUT2D eigenvalue weighted by atomic mass is 10.2. The van der Waals surface area contributed by atoms with E-state index in [1.54, 1.807) is 24.3 Å². The maximum absolute atomic E-state index is 11.0. The van der Waals surface area contributed by atoms with Gasteiger partial charge in [-0.05, 0) is 24.3 Å². The Hall–Kier alpha value is -3.76. The molecule has 1 amide bonds. The Bertz CT molecular complexity index is 930. The average Bonchev–Trinajstić information content (AvgIpc) is 3.19. The first kappa shape index (κ1) is 16.1. The second-order valence-electron chi connectivity index (χ2n) is 4.96. The van der Waals surface area contributed by atoms with E-state index in [4.69, 9.17) is 15.0 Å². The summed E-state index contributed by atoms with van der Waals surface area (Å²) >= 11 is 0. The molecule has 11 nitrogen and oxygen atoms in total. The van der Waals surface area contributed by atoms with Gasteiger partial charge in [-0.1, -0.05) is 5.16 Å². The number of hydrogen-bond acceptors (Lipinski definition) is 8. The summed E-state index contributed by atoms with van der Waals surface area (Å²) in [5, 5.41) is 18.7. The normalized spacial score (nSPS) is 10.6. The van der Waals surface area contributed by atoms with Crippen LogP contribution in [-0.4, -0.2) is 37.4 Å². The van der Waals surface area contributed by atoms with Crippen LogP contribution in [0.25, 0.3) is 23.0 Å². The van der Waals surface area contributed by atoms with Gasteiger partial charge in [0, 0.05) is 12.6 Å². The van der Waals surface area contributed by atoms with E-state index in [1.807, 2.05) is 0 Å². The highest BCUT2D eigenvalue weighted by Crippen LogP contribution is 2.29. The van der Waals surface area contributed by atoms with Gasteiger partial charge in [-0.3, -0.25) is 19.6 Å². The predicted octanol–water partition coefficient (Wildman–Crippen LogP) is 0.909. The Kier molecular flexibility index (Phi) is 4.12. The zero-order valence-electron chi connectivity index (χ0n) is 12.9. The van der Waals surface area contributed by atoms with E-state index in [1.165, 1.54) is 11.7 Å². The number of aryl methyl sites for hydroxylation is 1. The molecular formula is C14H12N6O5. The highest BCUT2D eigenvalue weighted by molar-refractivity contribution is 5.75. The smallest absolute Gasteiger partial charge is 0.320 e. The monoisotopic (exact) mass is 344 g/mol. The van der Waals surface area contributed by atoms with Crippen LogP contribution in [0.5, 0.6) is 5.75 Å². The van der Waals surface area contributed by atoms with Crippen LogP contribution >= 0.6 is 0 Å². The highest BCUT2D eigenvalue weighted by Gasteiger charge is 2.26. The van der Waals surface area contributed by atoms with E-state index in [0.717, 1.165) is 6.20 Å². The first-order valence-corrected chi connectivity index (χ1v) is 6.97. The predicted molar refractivity (Wildman–Crippen MR) is 83.3 cm³/mol. The standard InChI is InChI=1S/C14H12N6O5/c1-19-12(10(6-16-19)20(22)23)14-17-13(18-25-14)8-2-4-9(5-3-8)24-7-11(15)21/h2-6H,7H2,1H3,(H2,15,21). The van der Waals surface area contributed by atoms with E-state index in [2.05, 4.69) is 15.2 Å². The molecule has 3 rings (SSSR count). The minimum absolute atomic E-state index is 0.0178. The van der Waals surface area contributed by atoms with Gasteiger partial charge in [-0.25, -0.2) is 0 Å². The summed E-state index contributed by atoms with van der Waals surface area (Å²) in [6.07, 6.45) is 1.12. The number of benzene rings is 1. The largest absolute Gasteiger partial charge is 0.484 e. The summed E-state index contributed by atoms with van der Waals surface area (Å²) < 4.78 is 11.6. The van der Waals surface area contributed by atoms with Gasteiger partial charge in [0.25, 0.3) is 11.8 Å². The second kappa shape index (κ2) is 6.39. The van der Waals surface area contributed by atoms with Crippen molar-refractivity contribution in [2.45, 2.75) is 0 Å². The number of primary amides is 1. The first-order valence-electron chi connectivity index (χ1n) is 6.97. The van der Waals surface area contributed by atoms with Crippen LogP contribution in [0.4, 0.5) is 5.69 Å². The average molecular weight is 344 g/mol. The number of ether oxygens (including phenoxy) is 1. The molecule has 1 aromatic carbocycles. The van der Waals surface area contributed by atoms with Crippen LogP contribution < -0.4 is 10.5 Å². The van der Waals surface area contributed by atoms with Crippen molar-refractivity contribution in [2.75, 3.05) is 6.61 Å². The topological polar surface area (TPSA) is 152 Å². The number of nitrogens with zero attached hydrogens (tertiary/aromatic N) is 5. The van der Waals surface area contributed by atoms with E-state index in [-0.39, 0.29) is 29.7 Å². The summed E-state index contributed by atoms with van der Waals surface area (Å²) in [4.78, 5) is 25.3. The van der Waals surface area contributed by atoms with Crippen LogP contribution in [0.1, 0.15) is 0 Å². The lowest BCUT2D eigenvalue weighted by Gasteiger charge is -2.03. The van der Waals surface area contributed by atoms with Crippen LogP contribution in [-0.2, 0) is 11.8 Å². The summed E-state index contributed by atoms with van der Waals surface area (Å²) in [5.41, 5.74) is 5.49.